The first-order chi connectivity index (χ1) is 10.6. The zero-order valence-electron chi connectivity index (χ0n) is 12.5. The van der Waals surface area contributed by atoms with Crippen LogP contribution >= 0.6 is 11.3 Å². The standard InChI is InChI=1S/C17H17N3OS/c1-10(2)13-9-8-12-14(18)15(22-17(12)20-13)16(21)19-11-6-4-3-5-7-11/h3-10H,18H2,1-2H3,(H,19,21). The third kappa shape index (κ3) is 2.67. The molecule has 22 heavy (non-hydrogen) atoms. The zero-order chi connectivity index (χ0) is 15.7. The molecule has 0 spiro atoms. The number of rotatable bonds is 3. The van der Waals surface area contributed by atoms with Crippen LogP contribution < -0.4 is 11.1 Å². The Labute approximate surface area is 133 Å². The van der Waals surface area contributed by atoms with Crippen molar-refractivity contribution in [2.24, 2.45) is 0 Å². The summed E-state index contributed by atoms with van der Waals surface area (Å²) in [4.78, 5) is 18.3. The van der Waals surface area contributed by atoms with E-state index in [4.69, 9.17) is 5.73 Å². The maximum absolute atomic E-state index is 12.4. The van der Waals surface area contributed by atoms with Gasteiger partial charge in [0.2, 0.25) is 0 Å². The van der Waals surface area contributed by atoms with E-state index in [2.05, 4.69) is 24.1 Å². The summed E-state index contributed by atoms with van der Waals surface area (Å²) in [6.45, 7) is 4.18. The molecule has 112 valence electrons. The molecule has 0 aliphatic carbocycles. The molecule has 1 aromatic carbocycles. The van der Waals surface area contributed by atoms with Crippen LogP contribution in [0.5, 0.6) is 0 Å². The number of aromatic nitrogens is 1. The van der Waals surface area contributed by atoms with Crippen LogP contribution in [0.3, 0.4) is 0 Å². The van der Waals surface area contributed by atoms with Crippen LogP contribution in [0.1, 0.15) is 35.1 Å². The summed E-state index contributed by atoms with van der Waals surface area (Å²) in [5.41, 5.74) is 8.38. The number of para-hydroxylation sites is 1. The Morgan fingerprint density at radius 2 is 1.91 bits per heavy atom. The van der Waals surface area contributed by atoms with Gasteiger partial charge in [-0.1, -0.05) is 32.0 Å². The first kappa shape index (κ1) is 14.5. The molecule has 5 heteroatoms. The van der Waals surface area contributed by atoms with Gasteiger partial charge in [0.25, 0.3) is 5.91 Å². The van der Waals surface area contributed by atoms with Gasteiger partial charge >= 0.3 is 0 Å². The molecule has 0 saturated carbocycles. The summed E-state index contributed by atoms with van der Waals surface area (Å²) in [5.74, 6) is 0.145. The lowest BCUT2D eigenvalue weighted by atomic mass is 10.1. The van der Waals surface area contributed by atoms with Crippen LogP contribution in [0.25, 0.3) is 10.2 Å². The Kier molecular flexibility index (Phi) is 3.81. The minimum Gasteiger partial charge on any atom is -0.397 e. The van der Waals surface area contributed by atoms with Gasteiger partial charge in [-0.15, -0.1) is 11.3 Å². The second-order valence-corrected chi connectivity index (χ2v) is 6.41. The number of thiophene rings is 1. The Bertz CT molecular complexity index is 825. The van der Waals surface area contributed by atoms with E-state index >= 15 is 0 Å². The quantitative estimate of drug-likeness (QED) is 0.759. The van der Waals surface area contributed by atoms with Gasteiger partial charge in [-0.3, -0.25) is 4.79 Å². The van der Waals surface area contributed by atoms with Crippen LogP contribution in [-0.4, -0.2) is 10.9 Å². The highest BCUT2D eigenvalue weighted by Crippen LogP contribution is 2.33. The Morgan fingerprint density at radius 3 is 2.59 bits per heavy atom. The fraction of sp³-hybridized carbons (Fsp3) is 0.176. The summed E-state index contributed by atoms with van der Waals surface area (Å²) in [6, 6.07) is 13.3. The molecule has 0 unspecified atom stereocenters. The Balaban J connectivity index is 1.96. The molecule has 3 N–H and O–H groups in total. The van der Waals surface area contributed by atoms with Gasteiger partial charge in [0.15, 0.2) is 0 Å². The summed E-state index contributed by atoms with van der Waals surface area (Å²) < 4.78 is 0. The normalized spacial score (nSPS) is 11.0. The second-order valence-electron chi connectivity index (χ2n) is 5.41. The van der Waals surface area contributed by atoms with Gasteiger partial charge in [0.1, 0.15) is 9.71 Å². The maximum atomic E-state index is 12.4. The number of nitrogen functional groups attached to an aromatic ring is 1. The lowest BCUT2D eigenvalue weighted by Crippen LogP contribution is -2.11. The van der Waals surface area contributed by atoms with Crippen molar-refractivity contribution >= 4 is 38.8 Å². The highest BCUT2D eigenvalue weighted by Gasteiger charge is 2.18. The van der Waals surface area contributed by atoms with Crippen LogP contribution in [0.4, 0.5) is 11.4 Å². The summed E-state index contributed by atoms with van der Waals surface area (Å²) >= 11 is 1.33. The first-order valence-electron chi connectivity index (χ1n) is 7.11. The molecule has 0 bridgehead atoms. The average molecular weight is 311 g/mol. The fourth-order valence-electron chi connectivity index (χ4n) is 2.21. The number of nitrogens with zero attached hydrogens (tertiary/aromatic N) is 1. The molecule has 2 aromatic heterocycles. The minimum absolute atomic E-state index is 0.196. The number of hydrogen-bond acceptors (Lipinski definition) is 4. The van der Waals surface area contributed by atoms with Crippen molar-refractivity contribution in [3.05, 3.63) is 53.0 Å². The van der Waals surface area contributed by atoms with Crippen molar-refractivity contribution in [3.8, 4) is 0 Å². The fourth-order valence-corrected chi connectivity index (χ4v) is 3.21. The van der Waals surface area contributed by atoms with Crippen LogP contribution in [0, 0.1) is 0 Å². The Hall–Kier alpha value is -2.40. The van der Waals surface area contributed by atoms with Crippen molar-refractivity contribution in [2.45, 2.75) is 19.8 Å². The van der Waals surface area contributed by atoms with Gasteiger partial charge in [-0.2, -0.15) is 0 Å². The molecule has 0 fully saturated rings. The highest BCUT2D eigenvalue weighted by molar-refractivity contribution is 7.21. The van der Waals surface area contributed by atoms with Crippen molar-refractivity contribution < 1.29 is 4.79 Å². The van der Waals surface area contributed by atoms with E-state index in [1.54, 1.807) is 0 Å². The lowest BCUT2D eigenvalue weighted by Gasteiger charge is -2.03. The summed E-state index contributed by atoms with van der Waals surface area (Å²) in [6.07, 6.45) is 0. The van der Waals surface area contributed by atoms with Gasteiger partial charge in [0.05, 0.1) is 5.69 Å². The number of amides is 1. The average Bonchev–Trinajstić information content (AvgIpc) is 2.85. The van der Waals surface area contributed by atoms with Gasteiger partial charge in [-0.05, 0) is 30.2 Å². The lowest BCUT2D eigenvalue weighted by molar-refractivity contribution is 0.103. The molecule has 2 heterocycles. The molecule has 0 saturated heterocycles. The first-order valence-corrected chi connectivity index (χ1v) is 7.93. The van der Waals surface area contributed by atoms with E-state index in [0.717, 1.165) is 21.6 Å². The largest absolute Gasteiger partial charge is 0.397 e. The Morgan fingerprint density at radius 1 is 1.18 bits per heavy atom. The SMILES string of the molecule is CC(C)c1ccc2c(N)c(C(=O)Nc3ccccc3)sc2n1. The van der Waals surface area contributed by atoms with Gasteiger partial charge in [0, 0.05) is 16.8 Å². The van der Waals surface area contributed by atoms with E-state index in [0.29, 0.717) is 16.5 Å². The number of carbonyl (C=O) groups excluding carboxylic acids is 1. The third-order valence-corrected chi connectivity index (χ3v) is 4.56. The molecule has 0 radical (unpaired) electrons. The topological polar surface area (TPSA) is 68.0 Å². The van der Waals surface area contributed by atoms with E-state index in [-0.39, 0.29) is 5.91 Å². The summed E-state index contributed by atoms with van der Waals surface area (Å²) in [7, 11) is 0. The number of benzene rings is 1. The van der Waals surface area contributed by atoms with Crippen LogP contribution in [0.2, 0.25) is 0 Å². The number of hydrogen-bond donors (Lipinski definition) is 2. The van der Waals surface area contributed by atoms with Gasteiger partial charge < -0.3 is 11.1 Å². The van der Waals surface area contributed by atoms with Crippen LogP contribution in [-0.2, 0) is 0 Å². The van der Waals surface area contributed by atoms with E-state index in [9.17, 15) is 4.79 Å². The molecule has 0 aliphatic heterocycles. The zero-order valence-corrected chi connectivity index (χ0v) is 13.3. The smallest absolute Gasteiger partial charge is 0.267 e. The van der Waals surface area contributed by atoms with Crippen molar-refractivity contribution in [1.29, 1.82) is 0 Å². The molecule has 3 aromatic rings. The van der Waals surface area contributed by atoms with Crippen molar-refractivity contribution in [1.82, 2.24) is 4.98 Å². The molecule has 0 atom stereocenters. The number of fused-ring (bicyclic) bond motifs is 1. The number of anilines is 2. The number of pyridine rings is 1. The van der Waals surface area contributed by atoms with E-state index in [1.807, 2.05) is 42.5 Å². The number of carbonyl (C=O) groups is 1. The predicted octanol–water partition coefficient (Wildman–Crippen LogP) is 4.25. The number of nitrogens with one attached hydrogen (secondary N) is 1. The second kappa shape index (κ2) is 5.77. The minimum atomic E-state index is -0.196. The monoisotopic (exact) mass is 311 g/mol. The third-order valence-electron chi connectivity index (χ3n) is 3.44. The highest BCUT2D eigenvalue weighted by atomic mass is 32.1. The van der Waals surface area contributed by atoms with Crippen molar-refractivity contribution in [3.63, 3.8) is 0 Å². The van der Waals surface area contributed by atoms with E-state index < -0.39 is 0 Å². The van der Waals surface area contributed by atoms with E-state index in [1.165, 1.54) is 11.3 Å². The molecule has 4 nitrogen and oxygen atoms in total. The molecular formula is C17H17N3OS. The predicted molar refractivity (Wildman–Crippen MR) is 92.5 cm³/mol. The van der Waals surface area contributed by atoms with Crippen molar-refractivity contribution in [2.75, 3.05) is 11.1 Å². The molecule has 0 aliphatic rings. The molecular weight excluding hydrogens is 294 g/mol. The summed E-state index contributed by atoms with van der Waals surface area (Å²) in [5, 5.41) is 3.70. The van der Waals surface area contributed by atoms with Crippen LogP contribution in [0.15, 0.2) is 42.5 Å². The number of nitrogens with two attached hydrogens (primary N) is 1. The van der Waals surface area contributed by atoms with Gasteiger partial charge in [-0.25, -0.2) is 4.98 Å². The maximum Gasteiger partial charge on any atom is 0.267 e. The molecule has 1 amide bonds. The molecule has 3 rings (SSSR count).